The van der Waals surface area contributed by atoms with Crippen LogP contribution in [0.2, 0.25) is 0 Å². The van der Waals surface area contributed by atoms with Crippen molar-refractivity contribution in [2.24, 2.45) is 0 Å². The summed E-state index contributed by atoms with van der Waals surface area (Å²) in [6, 6.07) is 24.9. The standard InChI is InChI=1S/C24H21NO3.C2H6/c1-18-12-14-22(25(27)28)16-24(18)21(17-26)13-15-23(19-8-4-2-5-9-19)20-10-6-3-7-11-20;1-2/h2-14,16-17,23H,15H2,1H3;1-2H3/b21-13-;. The number of carbonyl (C=O) groups excluding carboxylic acids is 1. The van der Waals surface area contributed by atoms with Gasteiger partial charge in [-0.1, -0.05) is 86.7 Å². The number of carbonyl (C=O) groups is 1. The van der Waals surface area contributed by atoms with Crippen molar-refractivity contribution in [3.8, 4) is 0 Å². The Balaban J connectivity index is 0.00000155. The Morgan fingerprint density at radius 3 is 1.93 bits per heavy atom. The van der Waals surface area contributed by atoms with Gasteiger partial charge < -0.3 is 0 Å². The molecular formula is C26H27NO3. The summed E-state index contributed by atoms with van der Waals surface area (Å²) in [5.74, 6) is 0.0938. The second kappa shape index (κ2) is 11.5. The minimum atomic E-state index is -0.442. The lowest BCUT2D eigenvalue weighted by molar-refractivity contribution is -0.384. The van der Waals surface area contributed by atoms with Gasteiger partial charge in [-0.3, -0.25) is 14.9 Å². The van der Waals surface area contributed by atoms with E-state index in [0.29, 0.717) is 17.6 Å². The Morgan fingerprint density at radius 2 is 1.47 bits per heavy atom. The van der Waals surface area contributed by atoms with Crippen molar-refractivity contribution in [3.63, 3.8) is 0 Å². The second-order valence-corrected chi connectivity index (χ2v) is 6.64. The average Bonchev–Trinajstić information content (AvgIpc) is 2.80. The van der Waals surface area contributed by atoms with Crippen molar-refractivity contribution in [3.05, 3.63) is 117 Å². The maximum atomic E-state index is 11.8. The largest absolute Gasteiger partial charge is 0.298 e. The molecule has 154 valence electrons. The van der Waals surface area contributed by atoms with Crippen LogP contribution in [0.1, 0.15) is 48.4 Å². The molecule has 30 heavy (non-hydrogen) atoms. The van der Waals surface area contributed by atoms with E-state index in [-0.39, 0.29) is 11.6 Å². The molecule has 0 aliphatic carbocycles. The van der Waals surface area contributed by atoms with Crippen LogP contribution in [0.15, 0.2) is 84.9 Å². The first-order valence-corrected chi connectivity index (χ1v) is 10.1. The van der Waals surface area contributed by atoms with E-state index >= 15 is 0 Å². The molecule has 0 saturated carbocycles. The number of benzene rings is 3. The Bertz CT molecular complexity index is 956. The summed E-state index contributed by atoms with van der Waals surface area (Å²) in [6.45, 7) is 5.85. The van der Waals surface area contributed by atoms with Gasteiger partial charge in [-0.15, -0.1) is 0 Å². The van der Waals surface area contributed by atoms with Gasteiger partial charge in [0, 0.05) is 23.6 Å². The summed E-state index contributed by atoms with van der Waals surface area (Å²) < 4.78 is 0. The number of allylic oxidation sites excluding steroid dienone is 2. The molecule has 4 heteroatoms. The Hall–Kier alpha value is -3.53. The lowest BCUT2D eigenvalue weighted by atomic mass is 9.87. The van der Waals surface area contributed by atoms with Crippen molar-refractivity contribution in [2.45, 2.75) is 33.1 Å². The highest BCUT2D eigenvalue weighted by Crippen LogP contribution is 2.30. The molecule has 0 atom stereocenters. The molecule has 0 fully saturated rings. The van der Waals surface area contributed by atoms with Gasteiger partial charge in [0.15, 0.2) is 0 Å². The summed E-state index contributed by atoms with van der Waals surface area (Å²) in [5.41, 5.74) is 4.20. The fourth-order valence-corrected chi connectivity index (χ4v) is 3.34. The van der Waals surface area contributed by atoms with Crippen molar-refractivity contribution >= 4 is 17.5 Å². The van der Waals surface area contributed by atoms with E-state index < -0.39 is 4.92 Å². The summed E-state index contributed by atoms with van der Waals surface area (Å²) in [6.07, 6.45) is 3.27. The van der Waals surface area contributed by atoms with Gasteiger partial charge in [0.2, 0.25) is 0 Å². The third kappa shape index (κ3) is 5.74. The first kappa shape index (κ1) is 22.8. The molecule has 3 aromatic rings. The zero-order chi connectivity index (χ0) is 21.9. The molecule has 0 unspecified atom stereocenters. The van der Waals surface area contributed by atoms with Gasteiger partial charge in [-0.05, 0) is 35.6 Å². The number of aldehydes is 1. The maximum Gasteiger partial charge on any atom is 0.270 e. The molecule has 0 heterocycles. The molecule has 0 aliphatic heterocycles. The van der Waals surface area contributed by atoms with E-state index in [1.807, 2.05) is 63.2 Å². The smallest absolute Gasteiger partial charge is 0.270 e. The molecule has 0 spiro atoms. The molecule has 0 bridgehead atoms. The van der Waals surface area contributed by atoms with Crippen LogP contribution < -0.4 is 0 Å². The number of aryl methyl sites for hydroxylation is 1. The van der Waals surface area contributed by atoms with Gasteiger partial charge in [0.05, 0.1) is 4.92 Å². The van der Waals surface area contributed by atoms with Crippen molar-refractivity contribution in [2.75, 3.05) is 0 Å². The van der Waals surface area contributed by atoms with Crippen LogP contribution in [-0.4, -0.2) is 11.2 Å². The summed E-state index contributed by atoms with van der Waals surface area (Å²) in [4.78, 5) is 22.5. The van der Waals surface area contributed by atoms with Crippen LogP contribution in [0.5, 0.6) is 0 Å². The van der Waals surface area contributed by atoms with Gasteiger partial charge in [0.1, 0.15) is 6.29 Å². The number of nitro benzene ring substituents is 1. The van der Waals surface area contributed by atoms with E-state index in [0.717, 1.165) is 23.0 Å². The molecule has 4 nitrogen and oxygen atoms in total. The third-order valence-corrected chi connectivity index (χ3v) is 4.85. The zero-order valence-corrected chi connectivity index (χ0v) is 17.6. The number of non-ortho nitro benzene ring substituents is 1. The minimum absolute atomic E-state index is 0.0176. The van der Waals surface area contributed by atoms with Crippen molar-refractivity contribution in [1.29, 1.82) is 0 Å². The number of hydrogen-bond donors (Lipinski definition) is 0. The van der Waals surface area contributed by atoms with Crippen LogP contribution in [-0.2, 0) is 4.79 Å². The Labute approximate surface area is 178 Å². The zero-order valence-electron chi connectivity index (χ0n) is 17.6. The monoisotopic (exact) mass is 401 g/mol. The van der Waals surface area contributed by atoms with Crippen LogP contribution >= 0.6 is 0 Å². The van der Waals surface area contributed by atoms with Crippen LogP contribution in [0, 0.1) is 17.0 Å². The number of nitro groups is 1. The number of nitrogens with zero attached hydrogens (tertiary/aromatic N) is 1. The van der Waals surface area contributed by atoms with E-state index in [9.17, 15) is 14.9 Å². The summed E-state index contributed by atoms with van der Waals surface area (Å²) in [7, 11) is 0. The SMILES string of the molecule is CC.Cc1ccc([N+](=O)[O-])cc1/C(C=O)=C\CC(c1ccccc1)c1ccccc1. The molecule has 0 aliphatic rings. The lowest BCUT2D eigenvalue weighted by Gasteiger charge is -2.17. The quantitative estimate of drug-likeness (QED) is 0.191. The molecule has 0 amide bonds. The lowest BCUT2D eigenvalue weighted by Crippen LogP contribution is -2.01. The Kier molecular flexibility index (Phi) is 8.70. The van der Waals surface area contributed by atoms with Crippen LogP contribution in [0.25, 0.3) is 5.57 Å². The molecule has 0 aromatic heterocycles. The van der Waals surface area contributed by atoms with Gasteiger partial charge in [-0.2, -0.15) is 0 Å². The van der Waals surface area contributed by atoms with Gasteiger partial charge in [-0.25, -0.2) is 0 Å². The first-order chi connectivity index (χ1) is 14.6. The van der Waals surface area contributed by atoms with E-state index in [2.05, 4.69) is 24.3 Å². The highest BCUT2D eigenvalue weighted by atomic mass is 16.6. The molecule has 0 radical (unpaired) electrons. The predicted molar refractivity (Wildman–Crippen MR) is 123 cm³/mol. The minimum Gasteiger partial charge on any atom is -0.298 e. The van der Waals surface area contributed by atoms with Gasteiger partial charge in [0.25, 0.3) is 5.69 Å². The Morgan fingerprint density at radius 1 is 0.933 bits per heavy atom. The summed E-state index contributed by atoms with van der Waals surface area (Å²) in [5, 5.41) is 11.1. The van der Waals surface area contributed by atoms with E-state index in [1.54, 1.807) is 6.07 Å². The predicted octanol–water partition coefficient (Wildman–Crippen LogP) is 6.73. The van der Waals surface area contributed by atoms with Crippen molar-refractivity contribution in [1.82, 2.24) is 0 Å². The third-order valence-electron chi connectivity index (χ3n) is 4.85. The van der Waals surface area contributed by atoms with Crippen LogP contribution in [0.3, 0.4) is 0 Å². The van der Waals surface area contributed by atoms with E-state index in [1.165, 1.54) is 12.1 Å². The fourth-order valence-electron chi connectivity index (χ4n) is 3.34. The van der Waals surface area contributed by atoms with Crippen LogP contribution in [0.4, 0.5) is 5.69 Å². The highest BCUT2D eigenvalue weighted by molar-refractivity contribution is 6.07. The molecule has 3 rings (SSSR count). The number of hydrogen-bond acceptors (Lipinski definition) is 3. The normalized spacial score (nSPS) is 10.9. The summed E-state index contributed by atoms with van der Waals surface area (Å²) >= 11 is 0. The molecule has 3 aromatic carbocycles. The fraction of sp³-hybridized carbons (Fsp3) is 0.192. The number of rotatable bonds is 7. The van der Waals surface area contributed by atoms with Crippen molar-refractivity contribution < 1.29 is 9.72 Å². The first-order valence-electron chi connectivity index (χ1n) is 10.1. The highest BCUT2D eigenvalue weighted by Gasteiger charge is 2.15. The average molecular weight is 402 g/mol. The topological polar surface area (TPSA) is 60.2 Å². The molecular weight excluding hydrogens is 374 g/mol. The maximum absolute atomic E-state index is 11.8. The molecule has 0 saturated heterocycles. The van der Waals surface area contributed by atoms with E-state index in [4.69, 9.17) is 0 Å². The molecule has 0 N–H and O–H groups in total. The van der Waals surface area contributed by atoms with Gasteiger partial charge >= 0.3 is 0 Å². The second-order valence-electron chi connectivity index (χ2n) is 6.64.